The standard InChI is InChI=1S/C10H10N4OS/c1-6(15)12-10-14-13-9(16-10)7-3-2-4-8(11)5-7/h2-5H,11H2,1H3,(H,12,14,15). The van der Waals surface area contributed by atoms with Crippen LogP contribution in [0.5, 0.6) is 0 Å². The minimum atomic E-state index is -0.157. The Balaban J connectivity index is 2.28. The number of rotatable bonds is 2. The highest BCUT2D eigenvalue weighted by Crippen LogP contribution is 2.27. The van der Waals surface area contributed by atoms with Crippen molar-refractivity contribution in [3.05, 3.63) is 24.3 Å². The maximum absolute atomic E-state index is 10.8. The van der Waals surface area contributed by atoms with Crippen molar-refractivity contribution in [3.8, 4) is 10.6 Å². The highest BCUT2D eigenvalue weighted by atomic mass is 32.1. The molecule has 0 spiro atoms. The van der Waals surface area contributed by atoms with Crippen LogP contribution in [0.4, 0.5) is 10.8 Å². The van der Waals surface area contributed by atoms with Crippen molar-refractivity contribution in [1.29, 1.82) is 0 Å². The third-order valence-electron chi connectivity index (χ3n) is 1.84. The Morgan fingerprint density at radius 3 is 2.94 bits per heavy atom. The number of nitrogens with one attached hydrogen (secondary N) is 1. The molecule has 0 saturated heterocycles. The van der Waals surface area contributed by atoms with Crippen LogP contribution in [-0.4, -0.2) is 16.1 Å². The maximum Gasteiger partial charge on any atom is 0.223 e. The molecule has 0 saturated carbocycles. The average Bonchev–Trinajstić information content (AvgIpc) is 2.65. The van der Waals surface area contributed by atoms with Crippen LogP contribution in [0, 0.1) is 0 Å². The Labute approximate surface area is 96.3 Å². The molecule has 0 aliphatic heterocycles. The van der Waals surface area contributed by atoms with Crippen molar-refractivity contribution in [2.24, 2.45) is 0 Å². The summed E-state index contributed by atoms with van der Waals surface area (Å²) in [6.45, 7) is 1.43. The van der Waals surface area contributed by atoms with Gasteiger partial charge in [0.1, 0.15) is 5.01 Å². The monoisotopic (exact) mass is 234 g/mol. The van der Waals surface area contributed by atoms with Gasteiger partial charge in [-0.1, -0.05) is 23.5 Å². The maximum atomic E-state index is 10.8. The van der Waals surface area contributed by atoms with Gasteiger partial charge in [0, 0.05) is 18.2 Å². The SMILES string of the molecule is CC(=O)Nc1nnc(-c2cccc(N)c2)s1. The van der Waals surface area contributed by atoms with Crippen molar-refractivity contribution < 1.29 is 4.79 Å². The Bertz CT molecular complexity index is 523. The van der Waals surface area contributed by atoms with Crippen LogP contribution in [0.3, 0.4) is 0 Å². The molecule has 0 aliphatic rings. The molecular formula is C10H10N4OS. The fourth-order valence-corrected chi connectivity index (χ4v) is 2.00. The third-order valence-corrected chi connectivity index (χ3v) is 2.73. The van der Waals surface area contributed by atoms with Crippen LogP contribution in [-0.2, 0) is 4.79 Å². The Kier molecular flexibility index (Phi) is 2.82. The molecule has 0 atom stereocenters. The van der Waals surface area contributed by atoms with Gasteiger partial charge in [0.15, 0.2) is 0 Å². The summed E-state index contributed by atoms with van der Waals surface area (Å²) in [5.74, 6) is -0.157. The number of hydrogen-bond acceptors (Lipinski definition) is 5. The third kappa shape index (κ3) is 2.34. The first-order chi connectivity index (χ1) is 7.65. The van der Waals surface area contributed by atoms with E-state index in [-0.39, 0.29) is 5.91 Å². The van der Waals surface area contributed by atoms with E-state index in [1.807, 2.05) is 18.2 Å². The molecule has 6 heteroatoms. The molecule has 0 aliphatic carbocycles. The molecule has 1 aromatic heterocycles. The summed E-state index contributed by atoms with van der Waals surface area (Å²) in [6, 6.07) is 7.37. The second-order valence-corrected chi connectivity index (χ2v) is 4.20. The van der Waals surface area contributed by atoms with Crippen molar-refractivity contribution >= 4 is 28.1 Å². The number of hydrogen-bond donors (Lipinski definition) is 2. The highest BCUT2D eigenvalue weighted by molar-refractivity contribution is 7.18. The van der Waals surface area contributed by atoms with Gasteiger partial charge in [-0.2, -0.15) is 0 Å². The van der Waals surface area contributed by atoms with E-state index in [0.29, 0.717) is 10.8 Å². The van der Waals surface area contributed by atoms with Gasteiger partial charge in [-0.15, -0.1) is 10.2 Å². The molecule has 82 valence electrons. The summed E-state index contributed by atoms with van der Waals surface area (Å²) in [6.07, 6.45) is 0. The van der Waals surface area contributed by atoms with Crippen LogP contribution in [0.25, 0.3) is 10.6 Å². The number of anilines is 2. The smallest absolute Gasteiger partial charge is 0.223 e. The number of nitrogens with two attached hydrogens (primary N) is 1. The number of aromatic nitrogens is 2. The molecule has 2 rings (SSSR count). The highest BCUT2D eigenvalue weighted by Gasteiger charge is 2.07. The molecule has 1 aromatic carbocycles. The molecule has 0 radical (unpaired) electrons. The molecule has 2 aromatic rings. The molecule has 3 N–H and O–H groups in total. The predicted molar refractivity (Wildman–Crippen MR) is 64.1 cm³/mol. The largest absolute Gasteiger partial charge is 0.399 e. The lowest BCUT2D eigenvalue weighted by atomic mass is 10.2. The van der Waals surface area contributed by atoms with Crippen LogP contribution >= 0.6 is 11.3 Å². The molecule has 16 heavy (non-hydrogen) atoms. The summed E-state index contributed by atoms with van der Waals surface area (Å²) >= 11 is 1.31. The summed E-state index contributed by atoms with van der Waals surface area (Å²) in [5.41, 5.74) is 7.24. The average molecular weight is 234 g/mol. The van der Waals surface area contributed by atoms with Gasteiger partial charge in [0.05, 0.1) is 0 Å². The van der Waals surface area contributed by atoms with E-state index < -0.39 is 0 Å². The zero-order valence-corrected chi connectivity index (χ0v) is 9.41. The van der Waals surface area contributed by atoms with Gasteiger partial charge in [-0.3, -0.25) is 4.79 Å². The second kappa shape index (κ2) is 4.28. The van der Waals surface area contributed by atoms with Gasteiger partial charge >= 0.3 is 0 Å². The van der Waals surface area contributed by atoms with Crippen LogP contribution in [0.15, 0.2) is 24.3 Å². The Morgan fingerprint density at radius 1 is 1.44 bits per heavy atom. The minimum absolute atomic E-state index is 0.157. The van der Waals surface area contributed by atoms with Crippen LogP contribution < -0.4 is 11.1 Å². The van der Waals surface area contributed by atoms with Crippen molar-refractivity contribution in [2.75, 3.05) is 11.1 Å². The first kappa shape index (κ1) is 10.6. The first-order valence-corrected chi connectivity index (χ1v) is 5.44. The van der Waals surface area contributed by atoms with E-state index in [9.17, 15) is 4.79 Å². The van der Waals surface area contributed by atoms with Crippen molar-refractivity contribution in [3.63, 3.8) is 0 Å². The molecular weight excluding hydrogens is 224 g/mol. The van der Waals surface area contributed by atoms with Crippen LogP contribution in [0.1, 0.15) is 6.92 Å². The number of nitrogens with zero attached hydrogens (tertiary/aromatic N) is 2. The summed E-state index contributed by atoms with van der Waals surface area (Å²) in [7, 11) is 0. The lowest BCUT2D eigenvalue weighted by Gasteiger charge is -1.96. The van der Waals surface area contributed by atoms with E-state index >= 15 is 0 Å². The van der Waals surface area contributed by atoms with E-state index in [0.717, 1.165) is 10.6 Å². The van der Waals surface area contributed by atoms with Gasteiger partial charge in [-0.25, -0.2) is 0 Å². The number of benzene rings is 1. The van der Waals surface area contributed by atoms with Crippen LogP contribution in [0.2, 0.25) is 0 Å². The summed E-state index contributed by atoms with van der Waals surface area (Å²) in [4.78, 5) is 10.8. The normalized spacial score (nSPS) is 10.1. The first-order valence-electron chi connectivity index (χ1n) is 4.62. The van der Waals surface area contributed by atoms with E-state index in [4.69, 9.17) is 5.73 Å². The molecule has 1 amide bonds. The van der Waals surface area contributed by atoms with E-state index in [1.165, 1.54) is 18.3 Å². The molecule has 5 nitrogen and oxygen atoms in total. The summed E-state index contributed by atoms with van der Waals surface area (Å²) < 4.78 is 0. The molecule has 0 unspecified atom stereocenters. The topological polar surface area (TPSA) is 80.9 Å². The lowest BCUT2D eigenvalue weighted by molar-refractivity contribution is -0.114. The molecule has 0 bridgehead atoms. The van der Waals surface area contributed by atoms with Gasteiger partial charge < -0.3 is 11.1 Å². The zero-order valence-electron chi connectivity index (χ0n) is 8.60. The van der Waals surface area contributed by atoms with Crippen molar-refractivity contribution in [1.82, 2.24) is 10.2 Å². The zero-order chi connectivity index (χ0) is 11.5. The van der Waals surface area contributed by atoms with E-state index in [2.05, 4.69) is 15.5 Å². The van der Waals surface area contributed by atoms with Gasteiger partial charge in [0.25, 0.3) is 0 Å². The second-order valence-electron chi connectivity index (χ2n) is 3.22. The lowest BCUT2D eigenvalue weighted by Crippen LogP contribution is -2.04. The van der Waals surface area contributed by atoms with Crippen molar-refractivity contribution in [2.45, 2.75) is 6.92 Å². The molecule has 0 fully saturated rings. The number of amides is 1. The van der Waals surface area contributed by atoms with Gasteiger partial charge in [-0.05, 0) is 12.1 Å². The predicted octanol–water partition coefficient (Wildman–Crippen LogP) is 1.75. The fourth-order valence-electron chi connectivity index (χ4n) is 1.21. The minimum Gasteiger partial charge on any atom is -0.399 e. The molecule has 1 heterocycles. The van der Waals surface area contributed by atoms with E-state index in [1.54, 1.807) is 6.07 Å². The number of carbonyl (C=O) groups excluding carboxylic acids is 1. The van der Waals surface area contributed by atoms with Gasteiger partial charge in [0.2, 0.25) is 11.0 Å². The number of carbonyl (C=O) groups is 1. The Hall–Kier alpha value is -1.95. The fraction of sp³-hybridized carbons (Fsp3) is 0.100. The number of nitrogen functional groups attached to an aromatic ring is 1. The Morgan fingerprint density at radius 2 is 2.25 bits per heavy atom. The summed E-state index contributed by atoms with van der Waals surface area (Å²) in [5, 5.41) is 11.6. The quantitative estimate of drug-likeness (QED) is 0.775.